The van der Waals surface area contributed by atoms with Crippen molar-refractivity contribution in [1.29, 1.82) is 0 Å². The number of rotatable bonds is 3. The zero-order chi connectivity index (χ0) is 11.5. The standard InChI is InChI=1S/C9H7ClFN3OS/c10-5-2-1-3-6(11)8(5)15-4-7-9(12)16-14-13-7/h1-3H,4,12H2. The van der Waals surface area contributed by atoms with Crippen LogP contribution in [0.4, 0.5) is 9.39 Å². The number of nitrogens with two attached hydrogens (primary N) is 1. The summed E-state index contributed by atoms with van der Waals surface area (Å²) in [7, 11) is 0. The number of nitrogens with zero attached hydrogens (tertiary/aromatic N) is 2. The molecule has 16 heavy (non-hydrogen) atoms. The van der Waals surface area contributed by atoms with E-state index in [-0.39, 0.29) is 17.4 Å². The monoisotopic (exact) mass is 259 g/mol. The van der Waals surface area contributed by atoms with E-state index in [1.165, 1.54) is 12.1 Å². The van der Waals surface area contributed by atoms with Crippen LogP contribution in [-0.2, 0) is 6.61 Å². The lowest BCUT2D eigenvalue weighted by Crippen LogP contribution is -2.01. The minimum absolute atomic E-state index is 0.00318. The van der Waals surface area contributed by atoms with Crippen LogP contribution in [0.2, 0.25) is 5.02 Å². The van der Waals surface area contributed by atoms with Crippen LogP contribution in [0, 0.1) is 5.82 Å². The van der Waals surface area contributed by atoms with Gasteiger partial charge in [0.15, 0.2) is 11.6 Å². The molecule has 0 bridgehead atoms. The van der Waals surface area contributed by atoms with Crippen LogP contribution in [0.5, 0.6) is 5.75 Å². The quantitative estimate of drug-likeness (QED) is 0.920. The summed E-state index contributed by atoms with van der Waals surface area (Å²) >= 11 is 6.84. The average Bonchev–Trinajstić information content (AvgIpc) is 2.64. The van der Waals surface area contributed by atoms with Crippen LogP contribution in [-0.4, -0.2) is 9.59 Å². The van der Waals surface area contributed by atoms with Crippen molar-refractivity contribution in [2.24, 2.45) is 0 Å². The first kappa shape index (κ1) is 11.1. The van der Waals surface area contributed by atoms with Gasteiger partial charge in [-0.1, -0.05) is 22.2 Å². The smallest absolute Gasteiger partial charge is 0.174 e. The lowest BCUT2D eigenvalue weighted by molar-refractivity contribution is 0.286. The van der Waals surface area contributed by atoms with Crippen LogP contribution in [0.1, 0.15) is 5.69 Å². The highest BCUT2D eigenvalue weighted by molar-refractivity contribution is 7.09. The molecule has 2 rings (SSSR count). The molecule has 84 valence electrons. The predicted molar refractivity (Wildman–Crippen MR) is 60.1 cm³/mol. The number of benzene rings is 1. The lowest BCUT2D eigenvalue weighted by Gasteiger charge is -2.07. The van der Waals surface area contributed by atoms with Crippen LogP contribution >= 0.6 is 23.1 Å². The molecule has 0 saturated heterocycles. The lowest BCUT2D eigenvalue weighted by atomic mass is 10.3. The fourth-order valence-electron chi connectivity index (χ4n) is 1.08. The maximum Gasteiger partial charge on any atom is 0.174 e. The molecule has 0 amide bonds. The molecule has 0 spiro atoms. The Labute approximate surface area is 100.0 Å². The molecule has 0 aliphatic carbocycles. The van der Waals surface area contributed by atoms with E-state index in [9.17, 15) is 4.39 Å². The van der Waals surface area contributed by atoms with E-state index in [0.29, 0.717) is 10.7 Å². The third-order valence-corrected chi connectivity index (χ3v) is 2.75. The number of para-hydroxylation sites is 1. The van der Waals surface area contributed by atoms with Gasteiger partial charge in [0.2, 0.25) is 0 Å². The Morgan fingerprint density at radius 1 is 1.50 bits per heavy atom. The van der Waals surface area contributed by atoms with E-state index in [1.807, 2.05) is 0 Å². The highest BCUT2D eigenvalue weighted by Gasteiger charge is 2.10. The summed E-state index contributed by atoms with van der Waals surface area (Å²) in [4.78, 5) is 0. The number of ether oxygens (including phenoxy) is 1. The van der Waals surface area contributed by atoms with Crippen molar-refractivity contribution in [3.8, 4) is 5.75 Å². The first-order chi connectivity index (χ1) is 7.68. The number of hydrogen-bond acceptors (Lipinski definition) is 5. The van der Waals surface area contributed by atoms with Gasteiger partial charge in [-0.3, -0.25) is 0 Å². The zero-order valence-corrected chi connectivity index (χ0v) is 9.56. The summed E-state index contributed by atoms with van der Waals surface area (Å²) in [6.45, 7) is 0.0446. The molecule has 7 heteroatoms. The molecule has 1 heterocycles. The summed E-state index contributed by atoms with van der Waals surface area (Å²) < 4.78 is 22.2. The topological polar surface area (TPSA) is 61.0 Å². The molecular formula is C9H7ClFN3OS. The second-order valence-corrected chi connectivity index (χ2v) is 4.12. The molecular weight excluding hydrogens is 253 g/mol. The normalized spacial score (nSPS) is 10.4. The Bertz CT molecular complexity index is 485. The van der Waals surface area contributed by atoms with Crippen LogP contribution in [0.25, 0.3) is 0 Å². The predicted octanol–water partition coefficient (Wildman–Crippen LogP) is 2.49. The van der Waals surface area contributed by atoms with Crippen molar-refractivity contribution in [3.05, 3.63) is 34.7 Å². The molecule has 0 fully saturated rings. The van der Waals surface area contributed by atoms with E-state index in [2.05, 4.69) is 9.59 Å². The number of anilines is 1. The summed E-state index contributed by atoms with van der Waals surface area (Å²) in [5.41, 5.74) is 6.04. The largest absolute Gasteiger partial charge is 0.482 e. The highest BCUT2D eigenvalue weighted by atomic mass is 35.5. The van der Waals surface area contributed by atoms with Crippen molar-refractivity contribution >= 4 is 28.1 Å². The summed E-state index contributed by atoms with van der Waals surface area (Å²) in [6, 6.07) is 4.32. The Kier molecular flexibility index (Phi) is 3.21. The van der Waals surface area contributed by atoms with Gasteiger partial charge in [-0.05, 0) is 12.1 Å². The molecule has 2 N–H and O–H groups in total. The Morgan fingerprint density at radius 2 is 2.31 bits per heavy atom. The van der Waals surface area contributed by atoms with Gasteiger partial charge in [0.1, 0.15) is 17.3 Å². The van der Waals surface area contributed by atoms with Crippen LogP contribution in [0.15, 0.2) is 18.2 Å². The van der Waals surface area contributed by atoms with Gasteiger partial charge >= 0.3 is 0 Å². The molecule has 0 radical (unpaired) electrons. The molecule has 2 aromatic rings. The molecule has 0 atom stereocenters. The maximum atomic E-state index is 13.3. The zero-order valence-electron chi connectivity index (χ0n) is 7.98. The van der Waals surface area contributed by atoms with Crippen molar-refractivity contribution < 1.29 is 9.13 Å². The fraction of sp³-hybridized carbons (Fsp3) is 0.111. The fourth-order valence-corrected chi connectivity index (χ4v) is 1.73. The SMILES string of the molecule is Nc1snnc1COc1c(F)cccc1Cl. The third kappa shape index (κ3) is 2.23. The second kappa shape index (κ2) is 4.63. The van der Waals surface area contributed by atoms with Crippen molar-refractivity contribution in [2.75, 3.05) is 5.73 Å². The Balaban J connectivity index is 2.14. The third-order valence-electron chi connectivity index (χ3n) is 1.86. The second-order valence-electron chi connectivity index (χ2n) is 2.92. The van der Waals surface area contributed by atoms with Crippen molar-refractivity contribution in [3.63, 3.8) is 0 Å². The maximum absolute atomic E-state index is 13.3. The molecule has 0 saturated carbocycles. The van der Waals surface area contributed by atoms with E-state index < -0.39 is 5.82 Å². The highest BCUT2D eigenvalue weighted by Crippen LogP contribution is 2.28. The molecule has 0 aliphatic rings. The van der Waals surface area contributed by atoms with E-state index in [1.54, 1.807) is 6.07 Å². The van der Waals surface area contributed by atoms with E-state index in [0.717, 1.165) is 11.5 Å². The number of nitrogen functional groups attached to an aromatic ring is 1. The van der Waals surface area contributed by atoms with Crippen molar-refractivity contribution in [2.45, 2.75) is 6.61 Å². The molecule has 1 aromatic carbocycles. The van der Waals surface area contributed by atoms with Crippen LogP contribution < -0.4 is 10.5 Å². The minimum Gasteiger partial charge on any atom is -0.482 e. The molecule has 4 nitrogen and oxygen atoms in total. The first-order valence-corrected chi connectivity index (χ1v) is 5.47. The summed E-state index contributed by atoms with van der Waals surface area (Å²) in [5.74, 6) is -0.522. The van der Waals surface area contributed by atoms with Crippen LogP contribution in [0.3, 0.4) is 0 Å². The number of halogens is 2. The van der Waals surface area contributed by atoms with Gasteiger partial charge in [0, 0.05) is 11.5 Å². The Morgan fingerprint density at radius 3 is 2.94 bits per heavy atom. The van der Waals surface area contributed by atoms with Gasteiger partial charge in [-0.25, -0.2) is 4.39 Å². The molecule has 1 aromatic heterocycles. The van der Waals surface area contributed by atoms with E-state index >= 15 is 0 Å². The first-order valence-electron chi connectivity index (χ1n) is 4.32. The van der Waals surface area contributed by atoms with Crippen molar-refractivity contribution in [1.82, 2.24) is 9.59 Å². The molecule has 0 unspecified atom stereocenters. The number of hydrogen-bond donors (Lipinski definition) is 1. The van der Waals surface area contributed by atoms with Gasteiger partial charge in [-0.15, -0.1) is 5.10 Å². The minimum atomic E-state index is -0.519. The molecule has 0 aliphatic heterocycles. The summed E-state index contributed by atoms with van der Waals surface area (Å²) in [5, 5.41) is 4.40. The van der Waals surface area contributed by atoms with Gasteiger partial charge in [-0.2, -0.15) is 0 Å². The van der Waals surface area contributed by atoms with Gasteiger partial charge in [0.05, 0.1) is 5.02 Å². The average molecular weight is 260 g/mol. The van der Waals surface area contributed by atoms with E-state index in [4.69, 9.17) is 22.1 Å². The summed E-state index contributed by atoms with van der Waals surface area (Å²) in [6.07, 6.45) is 0. The van der Waals surface area contributed by atoms with Gasteiger partial charge < -0.3 is 10.5 Å². The number of aromatic nitrogens is 2. The van der Waals surface area contributed by atoms with Gasteiger partial charge in [0.25, 0.3) is 0 Å². The Hall–Kier alpha value is -1.40.